The van der Waals surface area contributed by atoms with Crippen LogP contribution in [0.5, 0.6) is 5.75 Å². The van der Waals surface area contributed by atoms with E-state index in [2.05, 4.69) is 27.1 Å². The highest BCUT2D eigenvalue weighted by Gasteiger charge is 2.23. The van der Waals surface area contributed by atoms with Gasteiger partial charge in [0, 0.05) is 25.1 Å². The van der Waals surface area contributed by atoms with Gasteiger partial charge in [0.15, 0.2) is 0 Å². The fourth-order valence-electron chi connectivity index (χ4n) is 2.87. The van der Waals surface area contributed by atoms with Crippen molar-refractivity contribution < 1.29 is 9.47 Å². The Balaban J connectivity index is 2.01. The van der Waals surface area contributed by atoms with Crippen LogP contribution in [0.1, 0.15) is 29.1 Å². The number of rotatable bonds is 8. The van der Waals surface area contributed by atoms with Crippen molar-refractivity contribution in [3.63, 3.8) is 0 Å². The predicted molar refractivity (Wildman–Crippen MR) is 117 cm³/mol. The fourth-order valence-corrected chi connectivity index (χ4v) is 3.85. The Labute approximate surface area is 184 Å². The van der Waals surface area contributed by atoms with Crippen LogP contribution in [0.4, 0.5) is 5.82 Å². The lowest BCUT2D eigenvalue weighted by Gasteiger charge is -2.15. The molecule has 0 aliphatic heterocycles. The summed E-state index contributed by atoms with van der Waals surface area (Å²) in [5, 5.41) is 19.9. The number of anilines is 1. The number of nitriles is 2. The maximum absolute atomic E-state index is 9.93. The molecular weight excluding hydrogens is 412 g/mol. The van der Waals surface area contributed by atoms with Gasteiger partial charge in [0.2, 0.25) is 0 Å². The molecular formula is C22H20N6O2S. The summed E-state index contributed by atoms with van der Waals surface area (Å²) in [7, 11) is 1.60. The first-order chi connectivity index (χ1) is 15.1. The van der Waals surface area contributed by atoms with Crippen LogP contribution in [0.15, 0.2) is 47.8 Å². The quantitative estimate of drug-likeness (QED) is 0.417. The van der Waals surface area contributed by atoms with Gasteiger partial charge in [-0.3, -0.25) is 0 Å². The highest BCUT2D eigenvalue weighted by Crippen LogP contribution is 2.40. The summed E-state index contributed by atoms with van der Waals surface area (Å²) in [6.07, 6.45) is 3.32. The summed E-state index contributed by atoms with van der Waals surface area (Å²) >= 11 is 1.32. The van der Waals surface area contributed by atoms with Crippen LogP contribution in [0.3, 0.4) is 0 Å². The summed E-state index contributed by atoms with van der Waals surface area (Å²) in [4.78, 5) is 12.9. The largest absolute Gasteiger partial charge is 0.491 e. The molecule has 0 aliphatic carbocycles. The summed E-state index contributed by atoms with van der Waals surface area (Å²) in [6.45, 7) is 2.82. The average molecular weight is 433 g/mol. The molecule has 3 aromatic rings. The van der Waals surface area contributed by atoms with Crippen LogP contribution in [-0.2, 0) is 4.74 Å². The molecule has 1 atom stereocenters. The second kappa shape index (κ2) is 10.4. The van der Waals surface area contributed by atoms with E-state index in [9.17, 15) is 10.5 Å². The Morgan fingerprint density at radius 3 is 2.35 bits per heavy atom. The Morgan fingerprint density at radius 2 is 1.74 bits per heavy atom. The van der Waals surface area contributed by atoms with E-state index in [4.69, 9.17) is 15.2 Å². The van der Waals surface area contributed by atoms with Crippen LogP contribution in [0, 0.1) is 22.7 Å². The fraction of sp³-hybridized carbons (Fsp3) is 0.227. The number of pyridine rings is 1. The van der Waals surface area contributed by atoms with E-state index in [1.165, 1.54) is 11.8 Å². The van der Waals surface area contributed by atoms with Gasteiger partial charge in [0.25, 0.3) is 0 Å². The molecule has 31 heavy (non-hydrogen) atoms. The van der Waals surface area contributed by atoms with Gasteiger partial charge in [0.1, 0.15) is 46.7 Å². The van der Waals surface area contributed by atoms with Crippen molar-refractivity contribution >= 4 is 17.6 Å². The number of ether oxygens (including phenoxy) is 2. The van der Waals surface area contributed by atoms with Crippen LogP contribution in [0.2, 0.25) is 0 Å². The molecule has 0 spiro atoms. The van der Waals surface area contributed by atoms with Crippen LogP contribution < -0.4 is 10.5 Å². The standard InChI is InChI=1S/C22H20N6O2S/c1-14(21-26-8-3-9-27-21)31-22-18(13-24)19(17(12-23)20(25)28-22)15-4-6-16(7-5-15)30-11-10-29-2/h3-9,14H,10-11H2,1-2H3,(H2,25,28)/t14-/m1/s1. The molecule has 9 heteroatoms. The predicted octanol–water partition coefficient (Wildman–Crippen LogP) is 3.74. The number of hydrogen-bond acceptors (Lipinski definition) is 9. The van der Waals surface area contributed by atoms with Crippen LogP contribution in [-0.4, -0.2) is 35.3 Å². The van der Waals surface area contributed by atoms with Crippen LogP contribution >= 0.6 is 11.8 Å². The molecule has 0 aliphatic rings. The van der Waals surface area contributed by atoms with Gasteiger partial charge in [-0.1, -0.05) is 23.9 Å². The Kier molecular flexibility index (Phi) is 7.39. The number of methoxy groups -OCH3 is 1. The molecule has 0 bridgehead atoms. The summed E-state index contributed by atoms with van der Waals surface area (Å²) in [5.41, 5.74) is 7.66. The highest BCUT2D eigenvalue weighted by molar-refractivity contribution is 7.99. The van der Waals surface area contributed by atoms with Gasteiger partial charge in [0.05, 0.1) is 17.4 Å². The molecule has 0 unspecified atom stereocenters. The van der Waals surface area contributed by atoms with Crippen molar-refractivity contribution in [1.29, 1.82) is 10.5 Å². The number of nitrogens with zero attached hydrogens (tertiary/aromatic N) is 5. The third kappa shape index (κ3) is 5.10. The summed E-state index contributed by atoms with van der Waals surface area (Å²) in [5.74, 6) is 1.34. The van der Waals surface area contributed by atoms with Gasteiger partial charge < -0.3 is 15.2 Å². The van der Waals surface area contributed by atoms with Crippen molar-refractivity contribution in [2.45, 2.75) is 17.2 Å². The number of nitrogen functional groups attached to an aromatic ring is 1. The number of aromatic nitrogens is 3. The van der Waals surface area contributed by atoms with E-state index >= 15 is 0 Å². The minimum Gasteiger partial charge on any atom is -0.491 e. The third-order valence-corrected chi connectivity index (χ3v) is 5.44. The van der Waals surface area contributed by atoms with E-state index in [1.807, 2.05) is 6.92 Å². The van der Waals surface area contributed by atoms with Gasteiger partial charge >= 0.3 is 0 Å². The van der Waals surface area contributed by atoms with Gasteiger partial charge in [-0.2, -0.15) is 10.5 Å². The molecule has 0 radical (unpaired) electrons. The number of thioether (sulfide) groups is 1. The molecule has 0 fully saturated rings. The molecule has 2 N–H and O–H groups in total. The molecule has 8 nitrogen and oxygen atoms in total. The first-order valence-electron chi connectivity index (χ1n) is 9.38. The van der Waals surface area contributed by atoms with Crippen molar-refractivity contribution in [3.8, 4) is 29.0 Å². The maximum Gasteiger partial charge on any atom is 0.143 e. The smallest absolute Gasteiger partial charge is 0.143 e. The molecule has 0 amide bonds. The Morgan fingerprint density at radius 1 is 1.06 bits per heavy atom. The molecule has 0 saturated carbocycles. The topological polar surface area (TPSA) is 131 Å². The van der Waals surface area contributed by atoms with E-state index in [-0.39, 0.29) is 22.2 Å². The highest BCUT2D eigenvalue weighted by atomic mass is 32.2. The van der Waals surface area contributed by atoms with Crippen LogP contribution in [0.25, 0.3) is 11.1 Å². The number of benzene rings is 1. The van der Waals surface area contributed by atoms with E-state index in [0.717, 1.165) is 0 Å². The van der Waals surface area contributed by atoms with Crippen molar-refractivity contribution in [3.05, 3.63) is 59.7 Å². The molecule has 3 rings (SSSR count). The van der Waals surface area contributed by atoms with E-state index in [1.54, 1.807) is 49.8 Å². The normalized spacial score (nSPS) is 11.4. The monoisotopic (exact) mass is 432 g/mol. The van der Waals surface area contributed by atoms with Gasteiger partial charge in [-0.25, -0.2) is 15.0 Å². The number of nitrogens with two attached hydrogens (primary N) is 1. The average Bonchev–Trinajstić information content (AvgIpc) is 2.80. The molecule has 1 aromatic carbocycles. The third-order valence-electron chi connectivity index (χ3n) is 4.35. The lowest BCUT2D eigenvalue weighted by atomic mass is 9.97. The number of hydrogen-bond donors (Lipinski definition) is 1. The molecule has 2 aromatic heterocycles. The molecule has 0 saturated heterocycles. The zero-order chi connectivity index (χ0) is 22.2. The van der Waals surface area contributed by atoms with Crippen molar-refractivity contribution in [2.75, 3.05) is 26.1 Å². The van der Waals surface area contributed by atoms with Crippen molar-refractivity contribution in [2.24, 2.45) is 0 Å². The Hall–Kier alpha value is -3.66. The first-order valence-corrected chi connectivity index (χ1v) is 10.3. The second-order valence-electron chi connectivity index (χ2n) is 6.38. The maximum atomic E-state index is 9.93. The van der Waals surface area contributed by atoms with Crippen molar-refractivity contribution in [1.82, 2.24) is 15.0 Å². The molecule has 2 heterocycles. The summed E-state index contributed by atoms with van der Waals surface area (Å²) in [6, 6.07) is 13.1. The van der Waals surface area contributed by atoms with E-state index in [0.29, 0.717) is 40.9 Å². The summed E-state index contributed by atoms with van der Waals surface area (Å²) < 4.78 is 10.6. The van der Waals surface area contributed by atoms with Gasteiger partial charge in [-0.15, -0.1) is 0 Å². The Bertz CT molecular complexity index is 1120. The van der Waals surface area contributed by atoms with Gasteiger partial charge in [-0.05, 0) is 30.7 Å². The molecule has 156 valence electrons. The lowest BCUT2D eigenvalue weighted by molar-refractivity contribution is 0.146. The second-order valence-corrected chi connectivity index (χ2v) is 7.71. The van der Waals surface area contributed by atoms with E-state index < -0.39 is 0 Å². The zero-order valence-corrected chi connectivity index (χ0v) is 17.9. The lowest BCUT2D eigenvalue weighted by Crippen LogP contribution is -2.05. The zero-order valence-electron chi connectivity index (χ0n) is 17.1. The minimum atomic E-state index is -0.169. The first kappa shape index (κ1) is 22.0. The minimum absolute atomic E-state index is 0.0700. The SMILES string of the molecule is COCCOc1ccc(-c2c(C#N)c(N)nc(S[C@H](C)c3ncccn3)c2C#N)cc1.